The topological polar surface area (TPSA) is 80.0 Å². The molecule has 1 saturated carbocycles. The molecule has 2 heterocycles. The molecule has 0 spiro atoms. The predicted molar refractivity (Wildman–Crippen MR) is 110 cm³/mol. The molecule has 6 nitrogen and oxygen atoms in total. The summed E-state index contributed by atoms with van der Waals surface area (Å²) in [5.41, 5.74) is -1.62. The number of benzene rings is 1. The number of aromatic nitrogens is 3. The van der Waals surface area contributed by atoms with Gasteiger partial charge in [-0.2, -0.15) is 13.2 Å². The second-order valence-electron chi connectivity index (χ2n) is 7.93. The molecule has 1 unspecified atom stereocenters. The van der Waals surface area contributed by atoms with E-state index in [2.05, 4.69) is 15.3 Å². The molecule has 0 aliphatic heterocycles. The van der Waals surface area contributed by atoms with Crippen LogP contribution < -0.4 is 5.32 Å². The van der Waals surface area contributed by atoms with Crippen LogP contribution in [0, 0.1) is 0 Å². The zero-order chi connectivity index (χ0) is 22.4. The lowest BCUT2D eigenvalue weighted by Gasteiger charge is -2.29. The second-order valence-corrected chi connectivity index (χ2v) is 8.37. The van der Waals surface area contributed by atoms with Crippen molar-refractivity contribution in [3.8, 4) is 0 Å². The number of nitrogens with zero attached hydrogens (tertiary/aromatic N) is 3. The first kappa shape index (κ1) is 21.6. The molecule has 31 heavy (non-hydrogen) atoms. The van der Waals surface area contributed by atoms with E-state index in [1.165, 1.54) is 13.0 Å². The van der Waals surface area contributed by atoms with Gasteiger partial charge in [0.25, 0.3) is 0 Å². The smallest absolute Gasteiger partial charge is 0.385 e. The molecule has 164 valence electrons. The first-order valence-electron chi connectivity index (χ1n) is 9.79. The Bertz CT molecular complexity index is 1120. The first-order valence-corrected chi connectivity index (χ1v) is 10.2. The summed E-state index contributed by atoms with van der Waals surface area (Å²) in [5.74, 6) is -0.393. The van der Waals surface area contributed by atoms with Gasteiger partial charge in [-0.15, -0.1) is 0 Å². The number of aliphatic hydroxyl groups is 1. The number of halogens is 4. The second kappa shape index (κ2) is 7.80. The number of rotatable bonds is 5. The van der Waals surface area contributed by atoms with Crippen LogP contribution in [0.4, 0.5) is 19.1 Å². The van der Waals surface area contributed by atoms with Gasteiger partial charge in [0.2, 0.25) is 11.9 Å². The Labute approximate surface area is 181 Å². The highest BCUT2D eigenvalue weighted by Gasteiger charge is 2.35. The third-order valence-corrected chi connectivity index (χ3v) is 5.74. The Morgan fingerprint density at radius 3 is 2.45 bits per heavy atom. The van der Waals surface area contributed by atoms with Crippen LogP contribution in [0.15, 0.2) is 36.4 Å². The number of fused-ring (bicyclic) bond motifs is 1. The third kappa shape index (κ3) is 4.38. The number of hydrogen-bond acceptors (Lipinski definition) is 4. The van der Waals surface area contributed by atoms with Crippen LogP contribution in [0.1, 0.15) is 49.9 Å². The largest absolute Gasteiger partial charge is 0.433 e. The Balaban J connectivity index is 1.62. The molecule has 2 aromatic heterocycles. The van der Waals surface area contributed by atoms with Gasteiger partial charge in [0, 0.05) is 11.1 Å². The maximum Gasteiger partial charge on any atom is 0.433 e. The molecule has 3 aromatic rings. The highest BCUT2D eigenvalue weighted by molar-refractivity contribution is 6.30. The quantitative estimate of drug-likeness (QED) is 0.566. The third-order valence-electron chi connectivity index (χ3n) is 5.49. The van der Waals surface area contributed by atoms with Gasteiger partial charge >= 0.3 is 6.18 Å². The highest BCUT2D eigenvalue weighted by Crippen LogP contribution is 2.38. The number of imidazole rings is 1. The summed E-state index contributed by atoms with van der Waals surface area (Å²) in [5, 5.41) is 13.9. The fraction of sp³-hybridized carbons (Fsp3) is 0.381. The van der Waals surface area contributed by atoms with E-state index in [0.717, 1.165) is 25.3 Å². The monoisotopic (exact) mass is 452 g/mol. The average molecular weight is 453 g/mol. The van der Waals surface area contributed by atoms with Crippen molar-refractivity contribution in [1.82, 2.24) is 14.5 Å². The number of carbonyl (C=O) groups is 1. The van der Waals surface area contributed by atoms with Gasteiger partial charge in [0.15, 0.2) is 5.65 Å². The molecule has 0 saturated heterocycles. The van der Waals surface area contributed by atoms with E-state index < -0.39 is 23.4 Å². The fourth-order valence-corrected chi connectivity index (χ4v) is 3.73. The molecule has 1 aliphatic carbocycles. The van der Waals surface area contributed by atoms with Gasteiger partial charge in [-0.25, -0.2) is 9.97 Å². The lowest BCUT2D eigenvalue weighted by Crippen LogP contribution is -2.30. The average Bonchev–Trinajstić information content (AvgIpc) is 2.96. The Morgan fingerprint density at radius 1 is 1.19 bits per heavy atom. The van der Waals surface area contributed by atoms with Crippen molar-refractivity contribution in [2.75, 3.05) is 5.32 Å². The standard InChI is InChI=1S/C21H20ClF3N4O2/c1-20(31,12-5-7-13(22)8-6-12)11-17(30)28-19-26-15-9-10-16(21(23,24)25)27-18(15)29(19)14-3-2-4-14/h5-10,14,31H,2-4,11H2,1H3,(H,26,28,30). The van der Waals surface area contributed by atoms with E-state index in [9.17, 15) is 23.1 Å². The van der Waals surface area contributed by atoms with E-state index in [0.29, 0.717) is 10.6 Å². The first-order chi connectivity index (χ1) is 14.5. The molecule has 10 heteroatoms. The minimum absolute atomic E-state index is 0.0827. The van der Waals surface area contributed by atoms with Gasteiger partial charge in [0.05, 0.1) is 12.0 Å². The van der Waals surface area contributed by atoms with Crippen LogP contribution in [0.5, 0.6) is 0 Å². The van der Waals surface area contributed by atoms with Gasteiger partial charge < -0.3 is 5.11 Å². The van der Waals surface area contributed by atoms with E-state index in [-0.39, 0.29) is 29.6 Å². The number of hydrogen-bond donors (Lipinski definition) is 2. The molecule has 0 radical (unpaired) electrons. The molecule has 1 aromatic carbocycles. The van der Waals surface area contributed by atoms with E-state index in [4.69, 9.17) is 11.6 Å². The van der Waals surface area contributed by atoms with E-state index >= 15 is 0 Å². The summed E-state index contributed by atoms with van der Waals surface area (Å²) in [6, 6.07) is 8.51. The van der Waals surface area contributed by atoms with Crippen LogP contribution >= 0.6 is 11.6 Å². The SMILES string of the molecule is CC(O)(CC(=O)Nc1nc2ccc(C(F)(F)F)nc2n1C1CCC1)c1ccc(Cl)cc1. The highest BCUT2D eigenvalue weighted by atomic mass is 35.5. The van der Waals surface area contributed by atoms with Crippen molar-refractivity contribution in [3.05, 3.63) is 52.7 Å². The minimum atomic E-state index is -4.58. The fourth-order valence-electron chi connectivity index (χ4n) is 3.60. The van der Waals surface area contributed by atoms with Crippen molar-refractivity contribution >= 4 is 34.6 Å². The molecule has 1 atom stereocenters. The van der Waals surface area contributed by atoms with Crippen molar-refractivity contribution in [1.29, 1.82) is 0 Å². The summed E-state index contributed by atoms with van der Waals surface area (Å²) < 4.78 is 41.0. The van der Waals surface area contributed by atoms with Crippen LogP contribution in [-0.2, 0) is 16.6 Å². The molecule has 1 amide bonds. The van der Waals surface area contributed by atoms with Crippen LogP contribution in [0.25, 0.3) is 11.2 Å². The number of carbonyl (C=O) groups excluding carboxylic acids is 1. The van der Waals surface area contributed by atoms with E-state index in [1.54, 1.807) is 28.8 Å². The summed E-state index contributed by atoms with van der Waals surface area (Å²) in [6.07, 6.45) is -2.40. The van der Waals surface area contributed by atoms with Crippen molar-refractivity contribution in [2.24, 2.45) is 0 Å². The number of pyridine rings is 1. The van der Waals surface area contributed by atoms with Gasteiger partial charge in [0.1, 0.15) is 11.2 Å². The molecule has 1 aliphatic rings. The zero-order valence-corrected chi connectivity index (χ0v) is 17.3. The van der Waals surface area contributed by atoms with Gasteiger partial charge in [-0.1, -0.05) is 23.7 Å². The number of amides is 1. The Morgan fingerprint density at radius 2 is 1.87 bits per heavy atom. The number of alkyl halides is 3. The molecule has 4 rings (SSSR count). The van der Waals surface area contributed by atoms with Crippen LogP contribution in [-0.4, -0.2) is 25.5 Å². The van der Waals surface area contributed by atoms with Gasteiger partial charge in [-0.05, 0) is 56.0 Å². The Kier molecular flexibility index (Phi) is 5.43. The number of nitrogens with one attached hydrogen (secondary N) is 1. The Hall–Kier alpha value is -2.65. The summed E-state index contributed by atoms with van der Waals surface area (Å²) in [4.78, 5) is 20.8. The summed E-state index contributed by atoms with van der Waals surface area (Å²) >= 11 is 5.87. The van der Waals surface area contributed by atoms with Crippen molar-refractivity contribution in [3.63, 3.8) is 0 Å². The van der Waals surface area contributed by atoms with Crippen molar-refractivity contribution < 1.29 is 23.1 Å². The molecule has 2 N–H and O–H groups in total. The van der Waals surface area contributed by atoms with Gasteiger partial charge in [-0.3, -0.25) is 14.7 Å². The summed E-state index contributed by atoms with van der Waals surface area (Å²) in [7, 11) is 0. The van der Waals surface area contributed by atoms with Crippen LogP contribution in [0.2, 0.25) is 5.02 Å². The molecular formula is C21H20ClF3N4O2. The molecule has 0 bridgehead atoms. The predicted octanol–water partition coefficient (Wildman–Crippen LogP) is 5.06. The lowest BCUT2D eigenvalue weighted by atomic mass is 9.92. The molecule has 1 fully saturated rings. The van der Waals surface area contributed by atoms with E-state index in [1.807, 2.05) is 0 Å². The summed E-state index contributed by atoms with van der Waals surface area (Å²) in [6.45, 7) is 1.50. The molecular weight excluding hydrogens is 433 g/mol. The zero-order valence-electron chi connectivity index (χ0n) is 16.6. The maximum atomic E-state index is 13.1. The van der Waals surface area contributed by atoms with Crippen LogP contribution in [0.3, 0.4) is 0 Å². The number of anilines is 1. The minimum Gasteiger partial charge on any atom is -0.385 e. The maximum absolute atomic E-state index is 13.1. The normalized spacial score (nSPS) is 16.7. The van der Waals surface area contributed by atoms with Crippen molar-refractivity contribution in [2.45, 2.75) is 50.4 Å². The lowest BCUT2D eigenvalue weighted by molar-refractivity contribution is -0.141.